The molecule has 0 bridgehead atoms. The van der Waals surface area contributed by atoms with E-state index >= 15 is 0 Å². The van der Waals surface area contributed by atoms with Crippen LogP contribution in [0.2, 0.25) is 0 Å². The molecule has 174 valence electrons. The Kier molecular flexibility index (Phi) is 8.31. The normalized spacial score (nSPS) is 18.2. The number of aliphatic hydroxyl groups excluding tert-OH is 1. The number of likely N-dealkylation sites (tertiary alicyclic amines) is 1. The summed E-state index contributed by atoms with van der Waals surface area (Å²) >= 11 is 1.31. The highest BCUT2D eigenvalue weighted by Crippen LogP contribution is 2.47. The molecule has 8 heteroatoms. The maximum atomic E-state index is 13.8. The van der Waals surface area contributed by atoms with Gasteiger partial charge in [0.1, 0.15) is 5.82 Å². The zero-order valence-corrected chi connectivity index (χ0v) is 19.1. The van der Waals surface area contributed by atoms with Gasteiger partial charge in [-0.2, -0.15) is 13.2 Å². The van der Waals surface area contributed by atoms with Crippen LogP contribution in [0.25, 0.3) is 5.57 Å². The first-order valence-corrected chi connectivity index (χ1v) is 11.4. The first-order chi connectivity index (χ1) is 14.8. The highest BCUT2D eigenvalue weighted by molar-refractivity contribution is 7.99. The molecule has 2 aliphatic rings. The number of rotatable bonds is 5. The van der Waals surface area contributed by atoms with Crippen LogP contribution in [0.5, 0.6) is 0 Å². The smallest absolute Gasteiger partial charge is 0.396 e. The second kappa shape index (κ2) is 10.6. The molecule has 1 saturated heterocycles. The highest BCUT2D eigenvalue weighted by atomic mass is 35.5. The Morgan fingerprint density at radius 2 is 1.78 bits per heavy atom. The van der Waals surface area contributed by atoms with E-state index in [1.807, 2.05) is 6.08 Å². The Hall–Kier alpha value is -1.54. The van der Waals surface area contributed by atoms with Gasteiger partial charge in [-0.3, -0.25) is 0 Å². The van der Waals surface area contributed by atoms with Gasteiger partial charge in [-0.15, -0.1) is 12.4 Å². The lowest BCUT2D eigenvalue weighted by molar-refractivity contribution is -0.137. The molecule has 1 N–H and O–H groups in total. The minimum atomic E-state index is -4.41. The lowest BCUT2D eigenvalue weighted by atomic mass is 9.93. The molecule has 2 aromatic rings. The molecule has 0 saturated carbocycles. The molecule has 0 unspecified atom stereocenters. The maximum Gasteiger partial charge on any atom is 0.416 e. The number of halogens is 5. The SMILES string of the molecule is Cl.OCCC1CCN(CC/C=C2/c3ccc(F)cc3Sc3ccc(C(F)(F)F)cc32)CC1. The molecule has 2 nitrogen and oxygen atoms in total. The van der Waals surface area contributed by atoms with E-state index in [-0.39, 0.29) is 24.8 Å². The van der Waals surface area contributed by atoms with Crippen LogP contribution in [0, 0.1) is 11.7 Å². The van der Waals surface area contributed by atoms with Crippen molar-refractivity contribution in [3.8, 4) is 0 Å². The second-order valence-electron chi connectivity index (χ2n) is 8.16. The summed E-state index contributed by atoms with van der Waals surface area (Å²) in [6, 6.07) is 8.24. The molecule has 0 aromatic heterocycles. The number of alkyl halides is 3. The van der Waals surface area contributed by atoms with E-state index in [4.69, 9.17) is 5.11 Å². The van der Waals surface area contributed by atoms with Crippen molar-refractivity contribution in [2.45, 2.75) is 41.7 Å². The van der Waals surface area contributed by atoms with Gasteiger partial charge in [-0.25, -0.2) is 4.39 Å². The number of piperidine rings is 1. The van der Waals surface area contributed by atoms with Gasteiger partial charge in [0.25, 0.3) is 0 Å². The third kappa shape index (κ3) is 5.68. The zero-order valence-electron chi connectivity index (χ0n) is 17.5. The summed E-state index contributed by atoms with van der Waals surface area (Å²) in [4.78, 5) is 3.80. The maximum absolute atomic E-state index is 13.8. The molecule has 1 fully saturated rings. The van der Waals surface area contributed by atoms with E-state index in [2.05, 4.69) is 4.90 Å². The Bertz CT molecular complexity index is 971. The Morgan fingerprint density at radius 1 is 1.03 bits per heavy atom. The van der Waals surface area contributed by atoms with Gasteiger partial charge >= 0.3 is 6.18 Å². The van der Waals surface area contributed by atoms with Crippen LogP contribution in [0.1, 0.15) is 42.4 Å². The van der Waals surface area contributed by atoms with Crippen molar-refractivity contribution >= 4 is 29.7 Å². The lowest BCUT2D eigenvalue weighted by Crippen LogP contribution is -2.34. The molecule has 32 heavy (non-hydrogen) atoms. The number of fused-ring (bicyclic) bond motifs is 2. The minimum absolute atomic E-state index is 0. The Labute approximate surface area is 196 Å². The van der Waals surface area contributed by atoms with E-state index in [1.54, 1.807) is 6.07 Å². The third-order valence-corrected chi connectivity index (χ3v) is 7.22. The number of benzene rings is 2. The Morgan fingerprint density at radius 3 is 2.47 bits per heavy atom. The van der Waals surface area contributed by atoms with Gasteiger partial charge in [0.2, 0.25) is 0 Å². The molecular formula is C24H26ClF4NOS. The van der Waals surface area contributed by atoms with E-state index in [0.29, 0.717) is 22.8 Å². The molecule has 0 spiro atoms. The summed E-state index contributed by atoms with van der Waals surface area (Å²) in [5, 5.41) is 9.10. The van der Waals surface area contributed by atoms with Gasteiger partial charge < -0.3 is 10.0 Å². The molecule has 2 aliphatic heterocycles. The molecular weight excluding hydrogens is 462 g/mol. The second-order valence-corrected chi connectivity index (χ2v) is 9.24. The highest BCUT2D eigenvalue weighted by Gasteiger charge is 2.32. The van der Waals surface area contributed by atoms with E-state index < -0.39 is 11.7 Å². The van der Waals surface area contributed by atoms with Crippen molar-refractivity contribution in [2.75, 3.05) is 26.2 Å². The number of nitrogens with zero attached hydrogens (tertiary/aromatic N) is 1. The summed E-state index contributed by atoms with van der Waals surface area (Å²) < 4.78 is 53.7. The molecule has 0 aliphatic carbocycles. The fraction of sp³-hybridized carbons (Fsp3) is 0.417. The largest absolute Gasteiger partial charge is 0.416 e. The molecule has 0 atom stereocenters. The van der Waals surface area contributed by atoms with Crippen molar-refractivity contribution in [1.29, 1.82) is 0 Å². The monoisotopic (exact) mass is 487 g/mol. The molecule has 0 amide bonds. The molecule has 2 aromatic carbocycles. The van der Waals surface area contributed by atoms with Gasteiger partial charge in [0, 0.05) is 22.9 Å². The molecule has 4 rings (SSSR count). The quantitative estimate of drug-likeness (QED) is 0.408. The summed E-state index contributed by atoms with van der Waals surface area (Å²) in [5.74, 6) is 0.219. The lowest BCUT2D eigenvalue weighted by Gasteiger charge is -2.31. The van der Waals surface area contributed by atoms with Crippen LogP contribution >= 0.6 is 24.2 Å². The predicted octanol–water partition coefficient (Wildman–Crippen LogP) is 6.65. The van der Waals surface area contributed by atoms with Gasteiger partial charge in [-0.1, -0.05) is 23.9 Å². The predicted molar refractivity (Wildman–Crippen MR) is 122 cm³/mol. The van der Waals surface area contributed by atoms with Gasteiger partial charge in [-0.05, 0) is 91.7 Å². The van der Waals surface area contributed by atoms with Crippen molar-refractivity contribution in [2.24, 2.45) is 5.92 Å². The van der Waals surface area contributed by atoms with Crippen molar-refractivity contribution in [1.82, 2.24) is 4.90 Å². The van der Waals surface area contributed by atoms with E-state index in [1.165, 1.54) is 36.0 Å². The van der Waals surface area contributed by atoms with E-state index in [0.717, 1.165) is 61.0 Å². The fourth-order valence-electron chi connectivity index (χ4n) is 4.37. The fourth-order valence-corrected chi connectivity index (χ4v) is 5.48. The van der Waals surface area contributed by atoms with Crippen LogP contribution in [-0.4, -0.2) is 36.2 Å². The molecule has 0 radical (unpaired) electrons. The third-order valence-electron chi connectivity index (χ3n) is 6.09. The first-order valence-electron chi connectivity index (χ1n) is 10.6. The topological polar surface area (TPSA) is 23.5 Å². The minimum Gasteiger partial charge on any atom is -0.396 e. The molecule has 2 heterocycles. The number of hydrogen-bond donors (Lipinski definition) is 1. The summed E-state index contributed by atoms with van der Waals surface area (Å²) in [7, 11) is 0. The Balaban J connectivity index is 0.00000289. The summed E-state index contributed by atoms with van der Waals surface area (Å²) in [5.41, 5.74) is 1.40. The van der Waals surface area contributed by atoms with Crippen LogP contribution in [-0.2, 0) is 6.18 Å². The van der Waals surface area contributed by atoms with E-state index in [9.17, 15) is 17.6 Å². The van der Waals surface area contributed by atoms with Crippen LogP contribution in [0.4, 0.5) is 17.6 Å². The van der Waals surface area contributed by atoms with Gasteiger partial charge in [0.15, 0.2) is 0 Å². The summed E-state index contributed by atoms with van der Waals surface area (Å²) in [6.45, 7) is 3.00. The summed E-state index contributed by atoms with van der Waals surface area (Å²) in [6.07, 6.45) is 1.27. The average molecular weight is 488 g/mol. The zero-order chi connectivity index (χ0) is 22.0. The van der Waals surface area contributed by atoms with Gasteiger partial charge in [0.05, 0.1) is 5.56 Å². The van der Waals surface area contributed by atoms with Crippen molar-refractivity contribution in [3.05, 3.63) is 65.0 Å². The number of aliphatic hydroxyl groups is 1. The van der Waals surface area contributed by atoms with Crippen LogP contribution in [0.3, 0.4) is 0 Å². The van der Waals surface area contributed by atoms with Crippen molar-refractivity contribution in [3.63, 3.8) is 0 Å². The standard InChI is InChI=1S/C24H25F4NOS.ClH/c25-18-4-5-20-19(2-1-10-29-11-7-16(8-12-29)9-13-30)21-14-17(24(26,27)28)3-6-22(21)31-23(20)15-18;/h2-6,14-16,30H,1,7-13H2;1H/b19-2-;. The first kappa shape index (κ1) is 25.1. The van der Waals surface area contributed by atoms with Crippen LogP contribution < -0.4 is 0 Å². The van der Waals surface area contributed by atoms with Crippen molar-refractivity contribution < 1.29 is 22.7 Å². The average Bonchev–Trinajstić information content (AvgIpc) is 2.73. The van der Waals surface area contributed by atoms with Crippen LogP contribution in [0.15, 0.2) is 52.3 Å². The number of hydrogen-bond acceptors (Lipinski definition) is 3.